The Kier molecular flexibility index (Phi) is 4.11. The van der Waals surface area contributed by atoms with Gasteiger partial charge in [-0.1, -0.05) is 30.3 Å². The van der Waals surface area contributed by atoms with Crippen LogP contribution in [0.3, 0.4) is 0 Å². The number of amides is 1. The van der Waals surface area contributed by atoms with Crippen LogP contribution >= 0.6 is 0 Å². The number of likely N-dealkylation sites (N-methyl/N-ethyl adjacent to an activating group) is 1. The number of fused-ring (bicyclic) bond motifs is 1. The molecule has 22 heavy (non-hydrogen) atoms. The van der Waals surface area contributed by atoms with Crippen molar-refractivity contribution in [1.29, 1.82) is 0 Å². The monoisotopic (exact) mass is 297 g/mol. The lowest BCUT2D eigenvalue weighted by molar-refractivity contribution is -0.117. The highest BCUT2D eigenvalue weighted by Crippen LogP contribution is 2.31. The van der Waals surface area contributed by atoms with E-state index in [4.69, 9.17) is 4.74 Å². The van der Waals surface area contributed by atoms with Crippen LogP contribution in [0.2, 0.25) is 0 Å². The minimum atomic E-state index is -0.712. The molecule has 0 aliphatic carbocycles. The van der Waals surface area contributed by atoms with Crippen molar-refractivity contribution in [2.75, 3.05) is 18.1 Å². The summed E-state index contributed by atoms with van der Waals surface area (Å²) in [6.07, 6.45) is -0.306. The number of hydrogen-bond acceptors (Lipinski definition) is 3. The zero-order valence-electron chi connectivity index (χ0n) is 12.5. The normalized spacial score (nSPS) is 14.8. The maximum atomic E-state index is 11.9. The van der Waals surface area contributed by atoms with Gasteiger partial charge in [-0.05, 0) is 36.2 Å². The molecule has 1 aliphatic rings. The van der Waals surface area contributed by atoms with E-state index in [1.54, 1.807) is 4.90 Å². The molecule has 4 heteroatoms. The molecule has 0 fully saturated rings. The van der Waals surface area contributed by atoms with Crippen LogP contribution in [0.4, 0.5) is 5.69 Å². The number of aliphatic hydroxyl groups excluding tert-OH is 1. The first-order valence-corrected chi connectivity index (χ1v) is 7.48. The van der Waals surface area contributed by atoms with Gasteiger partial charge in [0.25, 0.3) is 0 Å². The number of para-hydroxylation sites is 1. The van der Waals surface area contributed by atoms with Crippen LogP contribution in [0.25, 0.3) is 0 Å². The van der Waals surface area contributed by atoms with Crippen molar-refractivity contribution in [2.24, 2.45) is 0 Å². The van der Waals surface area contributed by atoms with Crippen molar-refractivity contribution in [1.82, 2.24) is 0 Å². The zero-order valence-corrected chi connectivity index (χ0v) is 12.5. The zero-order chi connectivity index (χ0) is 15.5. The highest BCUT2D eigenvalue weighted by Gasteiger charge is 2.26. The molecule has 0 bridgehead atoms. The first-order valence-electron chi connectivity index (χ1n) is 7.48. The molecule has 0 spiro atoms. The van der Waals surface area contributed by atoms with Crippen molar-refractivity contribution < 1.29 is 14.6 Å². The summed E-state index contributed by atoms with van der Waals surface area (Å²) >= 11 is 0. The van der Waals surface area contributed by atoms with Crippen LogP contribution < -0.4 is 9.64 Å². The minimum Gasteiger partial charge on any atom is -0.491 e. The third kappa shape index (κ3) is 2.83. The quantitative estimate of drug-likeness (QED) is 0.923. The van der Waals surface area contributed by atoms with E-state index in [0.717, 1.165) is 22.6 Å². The van der Waals surface area contributed by atoms with E-state index in [9.17, 15) is 9.90 Å². The van der Waals surface area contributed by atoms with E-state index in [-0.39, 0.29) is 12.5 Å². The van der Waals surface area contributed by atoms with Gasteiger partial charge in [-0.3, -0.25) is 4.79 Å². The Bertz CT molecular complexity index is 669. The Balaban J connectivity index is 1.71. The highest BCUT2D eigenvalue weighted by atomic mass is 16.5. The van der Waals surface area contributed by atoms with Gasteiger partial charge in [-0.25, -0.2) is 0 Å². The number of carbonyl (C=O) groups is 1. The van der Waals surface area contributed by atoms with Gasteiger partial charge in [0.2, 0.25) is 5.91 Å². The fraction of sp³-hybridized carbons (Fsp3) is 0.278. The number of anilines is 1. The van der Waals surface area contributed by atoms with Gasteiger partial charge in [-0.15, -0.1) is 0 Å². The number of carbonyl (C=O) groups excluding carboxylic acids is 1. The number of benzene rings is 2. The van der Waals surface area contributed by atoms with Gasteiger partial charge in [0, 0.05) is 12.2 Å². The Hall–Kier alpha value is -2.33. The van der Waals surface area contributed by atoms with Gasteiger partial charge in [0.1, 0.15) is 18.5 Å². The fourth-order valence-electron chi connectivity index (χ4n) is 2.75. The molecule has 1 heterocycles. The average Bonchev–Trinajstić information content (AvgIpc) is 2.87. The molecule has 0 saturated carbocycles. The van der Waals surface area contributed by atoms with Crippen molar-refractivity contribution in [3.8, 4) is 5.75 Å². The molecule has 1 unspecified atom stereocenters. The summed E-state index contributed by atoms with van der Waals surface area (Å²) in [7, 11) is 0. The second-order valence-corrected chi connectivity index (χ2v) is 5.34. The molecule has 2 aromatic carbocycles. The summed E-state index contributed by atoms with van der Waals surface area (Å²) in [4.78, 5) is 13.7. The first-order chi connectivity index (χ1) is 10.7. The summed E-state index contributed by atoms with van der Waals surface area (Å²) < 4.78 is 5.58. The van der Waals surface area contributed by atoms with E-state index < -0.39 is 6.10 Å². The summed E-state index contributed by atoms with van der Waals surface area (Å²) in [6.45, 7) is 2.82. The fourth-order valence-corrected chi connectivity index (χ4v) is 2.75. The maximum absolute atomic E-state index is 11.9. The van der Waals surface area contributed by atoms with Gasteiger partial charge in [0.15, 0.2) is 0 Å². The SMILES string of the molecule is CCN1C(=O)Cc2cc(C(O)COc3ccccc3)ccc21. The van der Waals surface area contributed by atoms with Crippen LogP contribution in [0, 0.1) is 0 Å². The summed E-state index contributed by atoms with van der Waals surface area (Å²) in [5, 5.41) is 10.3. The number of hydrogen-bond donors (Lipinski definition) is 1. The Morgan fingerprint density at radius 3 is 2.73 bits per heavy atom. The molecule has 1 amide bonds. The van der Waals surface area contributed by atoms with Crippen molar-refractivity contribution in [2.45, 2.75) is 19.4 Å². The molecule has 1 aliphatic heterocycles. The van der Waals surface area contributed by atoms with Gasteiger partial charge >= 0.3 is 0 Å². The second kappa shape index (κ2) is 6.20. The van der Waals surface area contributed by atoms with Crippen LogP contribution in [0.1, 0.15) is 24.2 Å². The standard InChI is InChI=1S/C18H19NO3/c1-2-19-16-9-8-13(10-14(16)11-18(19)21)17(20)12-22-15-6-4-3-5-7-15/h3-10,17,20H,2,11-12H2,1H3. The molecule has 3 rings (SSSR count). The summed E-state index contributed by atoms with van der Waals surface area (Å²) in [6, 6.07) is 15.1. The summed E-state index contributed by atoms with van der Waals surface area (Å²) in [5.41, 5.74) is 2.70. The van der Waals surface area contributed by atoms with Crippen LogP contribution in [-0.4, -0.2) is 24.2 Å². The lowest BCUT2D eigenvalue weighted by atomic mass is 10.0. The lowest BCUT2D eigenvalue weighted by Gasteiger charge is -2.16. The van der Waals surface area contributed by atoms with Crippen molar-refractivity contribution in [3.05, 3.63) is 59.7 Å². The lowest BCUT2D eigenvalue weighted by Crippen LogP contribution is -2.25. The van der Waals surface area contributed by atoms with Gasteiger partial charge in [0.05, 0.1) is 6.42 Å². The van der Waals surface area contributed by atoms with Gasteiger partial charge in [-0.2, -0.15) is 0 Å². The Morgan fingerprint density at radius 1 is 1.23 bits per heavy atom. The van der Waals surface area contributed by atoms with Crippen molar-refractivity contribution in [3.63, 3.8) is 0 Å². The number of aliphatic hydroxyl groups is 1. The topological polar surface area (TPSA) is 49.8 Å². The van der Waals surface area contributed by atoms with E-state index in [0.29, 0.717) is 13.0 Å². The minimum absolute atomic E-state index is 0.115. The molecule has 2 aromatic rings. The third-order valence-electron chi connectivity index (χ3n) is 3.89. The first kappa shape index (κ1) is 14.6. The van der Waals surface area contributed by atoms with Crippen LogP contribution in [0.15, 0.2) is 48.5 Å². The maximum Gasteiger partial charge on any atom is 0.231 e. The van der Waals surface area contributed by atoms with E-state index in [2.05, 4.69) is 0 Å². The molecule has 114 valence electrons. The molecule has 0 saturated heterocycles. The number of nitrogens with zero attached hydrogens (tertiary/aromatic N) is 1. The third-order valence-corrected chi connectivity index (χ3v) is 3.89. The molecule has 0 radical (unpaired) electrons. The van der Waals surface area contributed by atoms with Gasteiger partial charge < -0.3 is 14.7 Å². The van der Waals surface area contributed by atoms with Crippen LogP contribution in [0.5, 0.6) is 5.75 Å². The molecule has 1 atom stereocenters. The van der Waals surface area contributed by atoms with E-state index >= 15 is 0 Å². The predicted octanol–water partition coefficient (Wildman–Crippen LogP) is 2.71. The molecular formula is C18H19NO3. The Morgan fingerprint density at radius 2 is 2.00 bits per heavy atom. The molecular weight excluding hydrogens is 278 g/mol. The largest absolute Gasteiger partial charge is 0.491 e. The second-order valence-electron chi connectivity index (χ2n) is 5.34. The number of ether oxygens (including phenoxy) is 1. The van der Waals surface area contributed by atoms with E-state index in [1.165, 1.54) is 0 Å². The average molecular weight is 297 g/mol. The van der Waals surface area contributed by atoms with Crippen molar-refractivity contribution >= 4 is 11.6 Å². The molecule has 1 N–H and O–H groups in total. The highest BCUT2D eigenvalue weighted by molar-refractivity contribution is 6.01. The molecule has 4 nitrogen and oxygen atoms in total. The van der Waals surface area contributed by atoms with E-state index in [1.807, 2.05) is 55.5 Å². The predicted molar refractivity (Wildman–Crippen MR) is 85.1 cm³/mol. The summed E-state index contributed by atoms with van der Waals surface area (Å²) in [5.74, 6) is 0.847. The number of rotatable bonds is 5. The Labute approximate surface area is 130 Å². The van der Waals surface area contributed by atoms with Crippen LogP contribution in [-0.2, 0) is 11.2 Å². The molecule has 0 aromatic heterocycles. The smallest absolute Gasteiger partial charge is 0.231 e.